The molecule has 17 heavy (non-hydrogen) atoms. The highest BCUT2D eigenvalue weighted by Gasteiger charge is 2.13. The summed E-state index contributed by atoms with van der Waals surface area (Å²) in [5.41, 5.74) is 1.49. The maximum absolute atomic E-state index is 11.8. The normalized spacial score (nSPS) is 11.5. The smallest absolute Gasteiger partial charge is 0.408 e. The predicted octanol–water partition coefficient (Wildman–Crippen LogP) is 1.24. The van der Waals surface area contributed by atoms with E-state index in [4.69, 9.17) is 4.42 Å². The Morgan fingerprint density at radius 1 is 1.35 bits per heavy atom. The molecule has 2 rings (SSSR count). The van der Waals surface area contributed by atoms with Gasteiger partial charge in [-0.1, -0.05) is 15.9 Å². The van der Waals surface area contributed by atoms with Crippen LogP contribution in [0.5, 0.6) is 0 Å². The number of hydrogen-bond donors (Lipinski definition) is 1. The second kappa shape index (κ2) is 5.06. The SMILES string of the molecule is CC[NH+](CC)Cn1c(=O)oc2cc(Br)ccc21. The molecule has 5 heteroatoms. The molecule has 1 N–H and O–H groups in total. The predicted molar refractivity (Wildman–Crippen MR) is 70.2 cm³/mol. The van der Waals surface area contributed by atoms with E-state index >= 15 is 0 Å². The van der Waals surface area contributed by atoms with Crippen LogP contribution in [0.25, 0.3) is 11.1 Å². The van der Waals surface area contributed by atoms with Gasteiger partial charge >= 0.3 is 5.76 Å². The summed E-state index contributed by atoms with van der Waals surface area (Å²) in [5, 5.41) is 0. The minimum absolute atomic E-state index is 0.280. The van der Waals surface area contributed by atoms with Gasteiger partial charge in [-0.3, -0.25) is 0 Å². The van der Waals surface area contributed by atoms with Crippen molar-refractivity contribution in [1.29, 1.82) is 0 Å². The number of nitrogens with zero attached hydrogens (tertiary/aromatic N) is 1. The van der Waals surface area contributed by atoms with Crippen molar-refractivity contribution in [1.82, 2.24) is 4.57 Å². The van der Waals surface area contributed by atoms with Gasteiger partial charge in [-0.2, -0.15) is 0 Å². The van der Waals surface area contributed by atoms with Gasteiger partial charge in [0.05, 0.1) is 18.6 Å². The van der Waals surface area contributed by atoms with Crippen molar-refractivity contribution >= 4 is 27.0 Å². The molecule has 0 amide bonds. The molecule has 1 heterocycles. The Balaban J connectivity index is 2.46. The lowest BCUT2D eigenvalue weighted by atomic mass is 10.3. The number of rotatable bonds is 4. The molecule has 1 aromatic carbocycles. The largest absolute Gasteiger partial charge is 0.424 e. The maximum atomic E-state index is 11.8. The van der Waals surface area contributed by atoms with Crippen molar-refractivity contribution in [2.75, 3.05) is 13.1 Å². The number of benzene rings is 1. The molecule has 2 aromatic rings. The number of oxazole rings is 1. The number of hydrogen-bond acceptors (Lipinski definition) is 2. The Labute approximate surface area is 108 Å². The minimum Gasteiger partial charge on any atom is -0.408 e. The zero-order chi connectivity index (χ0) is 12.4. The summed E-state index contributed by atoms with van der Waals surface area (Å²) in [6.45, 7) is 6.87. The molecule has 0 bridgehead atoms. The van der Waals surface area contributed by atoms with Gasteiger partial charge in [0.25, 0.3) is 0 Å². The van der Waals surface area contributed by atoms with E-state index in [0.717, 1.165) is 23.1 Å². The van der Waals surface area contributed by atoms with Crippen molar-refractivity contribution in [2.24, 2.45) is 0 Å². The third-order valence-corrected chi connectivity index (χ3v) is 3.51. The molecule has 92 valence electrons. The van der Waals surface area contributed by atoms with Crippen LogP contribution in [0.3, 0.4) is 0 Å². The van der Waals surface area contributed by atoms with Crippen LogP contribution in [-0.4, -0.2) is 17.7 Å². The monoisotopic (exact) mass is 299 g/mol. The third-order valence-electron chi connectivity index (χ3n) is 3.01. The van der Waals surface area contributed by atoms with Crippen molar-refractivity contribution in [3.05, 3.63) is 33.2 Å². The molecule has 0 atom stereocenters. The van der Waals surface area contributed by atoms with E-state index in [1.807, 2.05) is 18.2 Å². The van der Waals surface area contributed by atoms with Gasteiger partial charge in [-0.15, -0.1) is 0 Å². The van der Waals surface area contributed by atoms with Crippen molar-refractivity contribution < 1.29 is 9.32 Å². The summed E-state index contributed by atoms with van der Waals surface area (Å²) in [4.78, 5) is 13.1. The number of halogens is 1. The Hall–Kier alpha value is -1.07. The maximum Gasteiger partial charge on any atom is 0.424 e. The van der Waals surface area contributed by atoms with Gasteiger partial charge in [-0.05, 0) is 32.0 Å². The second-order valence-corrected chi connectivity index (χ2v) is 4.94. The molecular weight excluding hydrogens is 284 g/mol. The molecule has 0 fully saturated rings. The highest BCUT2D eigenvalue weighted by Crippen LogP contribution is 2.18. The summed E-state index contributed by atoms with van der Waals surface area (Å²) >= 11 is 3.37. The van der Waals surface area contributed by atoms with Crippen LogP contribution in [-0.2, 0) is 6.67 Å². The van der Waals surface area contributed by atoms with Crippen molar-refractivity contribution in [3.63, 3.8) is 0 Å². The molecule has 0 aliphatic carbocycles. The highest BCUT2D eigenvalue weighted by atomic mass is 79.9. The van der Waals surface area contributed by atoms with E-state index < -0.39 is 0 Å². The molecular formula is C12H16BrN2O2+. The van der Waals surface area contributed by atoms with Gasteiger partial charge in [0.15, 0.2) is 12.3 Å². The van der Waals surface area contributed by atoms with Crippen LogP contribution in [0.1, 0.15) is 13.8 Å². The standard InChI is InChI=1S/C12H15BrN2O2/c1-3-14(4-2)8-15-10-6-5-9(13)7-11(10)17-12(15)16/h5-7H,3-4,8H2,1-2H3/p+1. The summed E-state index contributed by atoms with van der Waals surface area (Å²) < 4.78 is 7.85. The van der Waals surface area contributed by atoms with E-state index in [1.54, 1.807) is 4.57 Å². The number of nitrogens with one attached hydrogen (secondary N) is 1. The number of aromatic nitrogens is 1. The van der Waals surface area contributed by atoms with E-state index in [-0.39, 0.29) is 5.76 Å². The van der Waals surface area contributed by atoms with Gasteiger partial charge in [0.1, 0.15) is 0 Å². The molecule has 0 aliphatic rings. The third kappa shape index (κ3) is 2.45. The first kappa shape index (κ1) is 12.4. The fourth-order valence-corrected chi connectivity index (χ4v) is 2.23. The first-order chi connectivity index (χ1) is 8.15. The number of quaternary nitrogens is 1. The van der Waals surface area contributed by atoms with Gasteiger partial charge < -0.3 is 9.32 Å². The fraction of sp³-hybridized carbons (Fsp3) is 0.417. The van der Waals surface area contributed by atoms with Crippen LogP contribution < -0.4 is 10.7 Å². The zero-order valence-electron chi connectivity index (χ0n) is 10.00. The molecule has 0 aliphatic heterocycles. The van der Waals surface area contributed by atoms with E-state index in [9.17, 15) is 4.79 Å². The average molecular weight is 300 g/mol. The van der Waals surface area contributed by atoms with Crippen LogP contribution >= 0.6 is 15.9 Å². The quantitative estimate of drug-likeness (QED) is 0.923. The van der Waals surface area contributed by atoms with Crippen LogP contribution in [0.2, 0.25) is 0 Å². The molecule has 0 saturated carbocycles. The first-order valence-electron chi connectivity index (χ1n) is 5.78. The van der Waals surface area contributed by atoms with Crippen LogP contribution in [0.4, 0.5) is 0 Å². The second-order valence-electron chi connectivity index (χ2n) is 4.02. The average Bonchev–Trinajstić information content (AvgIpc) is 2.61. The number of fused-ring (bicyclic) bond motifs is 1. The lowest BCUT2D eigenvalue weighted by molar-refractivity contribution is -0.919. The van der Waals surface area contributed by atoms with Crippen LogP contribution in [0.15, 0.2) is 31.9 Å². The van der Waals surface area contributed by atoms with Crippen molar-refractivity contribution in [3.8, 4) is 0 Å². The Bertz CT molecular complexity index is 569. The van der Waals surface area contributed by atoms with E-state index in [2.05, 4.69) is 29.8 Å². The fourth-order valence-electron chi connectivity index (χ4n) is 1.89. The van der Waals surface area contributed by atoms with Gasteiger partial charge in [0.2, 0.25) is 0 Å². The summed E-state index contributed by atoms with van der Waals surface area (Å²) in [5.74, 6) is -0.280. The molecule has 0 saturated heterocycles. The van der Waals surface area contributed by atoms with Crippen molar-refractivity contribution in [2.45, 2.75) is 20.5 Å². The molecule has 4 nitrogen and oxygen atoms in total. The molecule has 0 unspecified atom stereocenters. The van der Waals surface area contributed by atoms with E-state index in [0.29, 0.717) is 12.3 Å². The summed E-state index contributed by atoms with van der Waals surface area (Å²) in [6, 6.07) is 5.66. The topological polar surface area (TPSA) is 39.6 Å². The first-order valence-corrected chi connectivity index (χ1v) is 6.57. The highest BCUT2D eigenvalue weighted by molar-refractivity contribution is 9.10. The molecule has 1 aromatic heterocycles. The minimum atomic E-state index is -0.280. The van der Waals surface area contributed by atoms with E-state index in [1.165, 1.54) is 4.90 Å². The molecule has 0 spiro atoms. The van der Waals surface area contributed by atoms with Crippen LogP contribution in [0, 0.1) is 0 Å². The summed E-state index contributed by atoms with van der Waals surface area (Å²) in [6.07, 6.45) is 0. The zero-order valence-corrected chi connectivity index (χ0v) is 11.6. The molecule has 0 radical (unpaired) electrons. The Morgan fingerprint density at radius 2 is 2.06 bits per heavy atom. The Kier molecular flexibility index (Phi) is 3.69. The lowest BCUT2D eigenvalue weighted by Crippen LogP contribution is -3.10. The Morgan fingerprint density at radius 3 is 2.71 bits per heavy atom. The van der Waals surface area contributed by atoms with Gasteiger partial charge in [0, 0.05) is 4.47 Å². The lowest BCUT2D eigenvalue weighted by Gasteiger charge is -2.15. The summed E-state index contributed by atoms with van der Waals surface area (Å²) in [7, 11) is 0. The van der Waals surface area contributed by atoms with Gasteiger partial charge in [-0.25, -0.2) is 9.36 Å².